The molecule has 74 valence electrons. The Morgan fingerprint density at radius 1 is 1.43 bits per heavy atom. The van der Waals surface area contributed by atoms with E-state index in [1.165, 1.54) is 10.9 Å². The molecule has 14 heavy (non-hydrogen) atoms. The van der Waals surface area contributed by atoms with Crippen molar-refractivity contribution in [3.05, 3.63) is 28.4 Å². The van der Waals surface area contributed by atoms with Gasteiger partial charge in [-0.2, -0.15) is 0 Å². The third kappa shape index (κ3) is 1.42. The standard InChI is InChI=1S/C11H12BrNO/c1-3-7-6-13-10-5-11(14-2)9(12)4-8(7)10/h4-6,13H,3H2,1-2H3. The summed E-state index contributed by atoms with van der Waals surface area (Å²) in [6, 6.07) is 4.11. The number of halogens is 1. The fourth-order valence-electron chi connectivity index (χ4n) is 1.63. The molecule has 1 aromatic carbocycles. The molecule has 1 N–H and O–H groups in total. The number of hydrogen-bond acceptors (Lipinski definition) is 1. The lowest BCUT2D eigenvalue weighted by atomic mass is 10.1. The molecule has 0 saturated carbocycles. The van der Waals surface area contributed by atoms with Crippen LogP contribution in [-0.4, -0.2) is 12.1 Å². The highest BCUT2D eigenvalue weighted by molar-refractivity contribution is 9.10. The van der Waals surface area contributed by atoms with E-state index in [1.807, 2.05) is 6.07 Å². The van der Waals surface area contributed by atoms with Crippen LogP contribution in [0.25, 0.3) is 10.9 Å². The van der Waals surface area contributed by atoms with Crippen molar-refractivity contribution in [3.63, 3.8) is 0 Å². The molecule has 0 atom stereocenters. The Hall–Kier alpha value is -0.960. The molecule has 0 aliphatic rings. The molecular weight excluding hydrogens is 242 g/mol. The van der Waals surface area contributed by atoms with E-state index in [1.54, 1.807) is 7.11 Å². The summed E-state index contributed by atoms with van der Waals surface area (Å²) in [5.74, 6) is 0.863. The topological polar surface area (TPSA) is 25.0 Å². The van der Waals surface area contributed by atoms with Gasteiger partial charge in [-0.3, -0.25) is 0 Å². The molecule has 0 fully saturated rings. The van der Waals surface area contributed by atoms with Gasteiger partial charge < -0.3 is 9.72 Å². The lowest BCUT2D eigenvalue weighted by Gasteiger charge is -2.03. The first kappa shape index (κ1) is 9.59. The van der Waals surface area contributed by atoms with Crippen molar-refractivity contribution in [1.29, 1.82) is 0 Å². The van der Waals surface area contributed by atoms with Gasteiger partial charge in [0.05, 0.1) is 11.6 Å². The molecule has 0 spiro atoms. The Morgan fingerprint density at radius 2 is 2.21 bits per heavy atom. The number of aromatic amines is 1. The van der Waals surface area contributed by atoms with Crippen molar-refractivity contribution >= 4 is 26.8 Å². The monoisotopic (exact) mass is 253 g/mol. The number of methoxy groups -OCH3 is 1. The van der Waals surface area contributed by atoms with Crippen LogP contribution in [0.3, 0.4) is 0 Å². The van der Waals surface area contributed by atoms with Gasteiger partial charge in [0.15, 0.2) is 0 Å². The summed E-state index contributed by atoms with van der Waals surface area (Å²) in [5.41, 5.74) is 2.46. The van der Waals surface area contributed by atoms with Gasteiger partial charge in [-0.05, 0) is 34.0 Å². The van der Waals surface area contributed by atoms with E-state index in [9.17, 15) is 0 Å². The maximum atomic E-state index is 5.23. The minimum Gasteiger partial charge on any atom is -0.495 e. The highest BCUT2D eigenvalue weighted by Gasteiger charge is 2.06. The Labute approximate surface area is 91.4 Å². The quantitative estimate of drug-likeness (QED) is 0.871. The van der Waals surface area contributed by atoms with Crippen molar-refractivity contribution in [2.24, 2.45) is 0 Å². The summed E-state index contributed by atoms with van der Waals surface area (Å²) in [6.07, 6.45) is 3.09. The maximum Gasteiger partial charge on any atom is 0.135 e. The van der Waals surface area contributed by atoms with Gasteiger partial charge in [0.2, 0.25) is 0 Å². The lowest BCUT2D eigenvalue weighted by Crippen LogP contribution is -1.84. The van der Waals surface area contributed by atoms with Crippen LogP contribution in [-0.2, 0) is 6.42 Å². The minimum atomic E-state index is 0.863. The lowest BCUT2D eigenvalue weighted by molar-refractivity contribution is 0.413. The maximum absolute atomic E-state index is 5.23. The van der Waals surface area contributed by atoms with E-state index in [4.69, 9.17) is 4.74 Å². The van der Waals surface area contributed by atoms with Crippen LogP contribution in [0.15, 0.2) is 22.8 Å². The van der Waals surface area contributed by atoms with Crippen LogP contribution < -0.4 is 4.74 Å². The predicted molar refractivity (Wildman–Crippen MR) is 61.9 cm³/mol. The van der Waals surface area contributed by atoms with E-state index in [0.717, 1.165) is 22.2 Å². The number of nitrogens with one attached hydrogen (secondary N) is 1. The second-order valence-electron chi connectivity index (χ2n) is 3.20. The summed E-state index contributed by atoms with van der Waals surface area (Å²) in [5, 5.41) is 1.26. The average Bonchev–Trinajstić information content (AvgIpc) is 2.58. The molecular formula is C11H12BrNO. The molecule has 2 rings (SSSR count). The normalized spacial score (nSPS) is 10.8. The molecule has 0 aliphatic heterocycles. The molecule has 3 heteroatoms. The second kappa shape index (κ2) is 3.65. The molecule has 0 saturated heterocycles. The number of H-pyrrole nitrogens is 1. The van der Waals surface area contributed by atoms with Gasteiger partial charge in [-0.15, -0.1) is 0 Å². The van der Waals surface area contributed by atoms with Crippen LogP contribution in [0, 0.1) is 0 Å². The molecule has 1 aromatic heterocycles. The van der Waals surface area contributed by atoms with Crippen LogP contribution in [0.2, 0.25) is 0 Å². The largest absolute Gasteiger partial charge is 0.495 e. The van der Waals surface area contributed by atoms with Crippen molar-refractivity contribution in [3.8, 4) is 5.75 Å². The van der Waals surface area contributed by atoms with Gasteiger partial charge in [0, 0.05) is 23.2 Å². The van der Waals surface area contributed by atoms with Crippen LogP contribution in [0.4, 0.5) is 0 Å². The molecule has 0 aliphatic carbocycles. The smallest absolute Gasteiger partial charge is 0.135 e. The predicted octanol–water partition coefficient (Wildman–Crippen LogP) is 3.50. The summed E-state index contributed by atoms with van der Waals surface area (Å²) < 4.78 is 6.23. The number of hydrogen-bond donors (Lipinski definition) is 1. The van der Waals surface area contributed by atoms with E-state index in [0.29, 0.717) is 0 Å². The Kier molecular flexibility index (Phi) is 2.50. The number of rotatable bonds is 2. The van der Waals surface area contributed by atoms with E-state index in [2.05, 4.69) is 40.1 Å². The molecule has 1 heterocycles. The first-order valence-electron chi connectivity index (χ1n) is 4.59. The SMILES string of the molecule is CCc1c[nH]c2cc(OC)c(Br)cc12. The van der Waals surface area contributed by atoms with Crippen molar-refractivity contribution in [2.75, 3.05) is 7.11 Å². The van der Waals surface area contributed by atoms with Gasteiger partial charge in [0.25, 0.3) is 0 Å². The van der Waals surface area contributed by atoms with Crippen LogP contribution in [0.1, 0.15) is 12.5 Å². The zero-order chi connectivity index (χ0) is 10.1. The summed E-state index contributed by atoms with van der Waals surface area (Å²) in [6.45, 7) is 2.15. The zero-order valence-corrected chi connectivity index (χ0v) is 9.81. The summed E-state index contributed by atoms with van der Waals surface area (Å²) in [4.78, 5) is 3.24. The average molecular weight is 254 g/mol. The van der Waals surface area contributed by atoms with Gasteiger partial charge in [0.1, 0.15) is 5.75 Å². The van der Waals surface area contributed by atoms with Gasteiger partial charge in [-0.1, -0.05) is 6.92 Å². The fourth-order valence-corrected chi connectivity index (χ4v) is 2.14. The molecule has 0 bridgehead atoms. The molecule has 0 radical (unpaired) electrons. The number of benzene rings is 1. The highest BCUT2D eigenvalue weighted by atomic mass is 79.9. The van der Waals surface area contributed by atoms with Crippen LogP contribution in [0.5, 0.6) is 5.75 Å². The van der Waals surface area contributed by atoms with Crippen molar-refractivity contribution in [1.82, 2.24) is 4.98 Å². The third-order valence-electron chi connectivity index (χ3n) is 2.42. The van der Waals surface area contributed by atoms with E-state index < -0.39 is 0 Å². The Bertz CT molecular complexity index is 462. The second-order valence-corrected chi connectivity index (χ2v) is 4.05. The van der Waals surface area contributed by atoms with Gasteiger partial charge >= 0.3 is 0 Å². The third-order valence-corrected chi connectivity index (χ3v) is 3.04. The number of aromatic nitrogens is 1. The Balaban J connectivity index is 2.69. The molecule has 2 aromatic rings. The highest BCUT2D eigenvalue weighted by Crippen LogP contribution is 2.31. The Morgan fingerprint density at radius 3 is 2.86 bits per heavy atom. The fraction of sp³-hybridized carbons (Fsp3) is 0.273. The van der Waals surface area contributed by atoms with Crippen LogP contribution >= 0.6 is 15.9 Å². The van der Waals surface area contributed by atoms with Gasteiger partial charge in [-0.25, -0.2) is 0 Å². The zero-order valence-electron chi connectivity index (χ0n) is 8.23. The van der Waals surface area contributed by atoms with E-state index >= 15 is 0 Å². The van der Waals surface area contributed by atoms with Crippen molar-refractivity contribution in [2.45, 2.75) is 13.3 Å². The molecule has 0 amide bonds. The molecule has 0 unspecified atom stereocenters. The first-order chi connectivity index (χ1) is 6.76. The first-order valence-corrected chi connectivity index (χ1v) is 5.39. The number of ether oxygens (including phenoxy) is 1. The number of fused-ring (bicyclic) bond motifs is 1. The summed E-state index contributed by atoms with van der Waals surface area (Å²) >= 11 is 3.49. The minimum absolute atomic E-state index is 0.863. The number of aryl methyl sites for hydroxylation is 1. The summed E-state index contributed by atoms with van der Waals surface area (Å²) in [7, 11) is 1.68. The molecule has 2 nitrogen and oxygen atoms in total. The van der Waals surface area contributed by atoms with E-state index in [-0.39, 0.29) is 0 Å². The van der Waals surface area contributed by atoms with Crippen molar-refractivity contribution < 1.29 is 4.74 Å².